The van der Waals surface area contributed by atoms with Gasteiger partial charge in [-0.25, -0.2) is 13.2 Å². The second-order valence-electron chi connectivity index (χ2n) is 4.75. The van der Waals surface area contributed by atoms with Crippen molar-refractivity contribution in [1.82, 2.24) is 5.32 Å². The molecule has 5 heteroatoms. The fraction of sp³-hybridized carbons (Fsp3) is 0.571. The van der Waals surface area contributed by atoms with Gasteiger partial charge in [0.15, 0.2) is 17.5 Å². The van der Waals surface area contributed by atoms with Gasteiger partial charge in [-0.15, -0.1) is 0 Å². The predicted octanol–water partition coefficient (Wildman–Crippen LogP) is 3.32. The highest BCUT2D eigenvalue weighted by molar-refractivity contribution is 5.24. The van der Waals surface area contributed by atoms with E-state index >= 15 is 0 Å². The van der Waals surface area contributed by atoms with E-state index in [0.717, 1.165) is 18.9 Å². The fourth-order valence-corrected chi connectivity index (χ4v) is 2.47. The maximum Gasteiger partial charge on any atom is 0.194 e. The third-order valence-corrected chi connectivity index (χ3v) is 3.41. The molecule has 1 aliphatic rings. The van der Waals surface area contributed by atoms with E-state index in [2.05, 4.69) is 5.32 Å². The van der Waals surface area contributed by atoms with Crippen molar-refractivity contribution in [3.8, 4) is 0 Å². The zero-order valence-corrected chi connectivity index (χ0v) is 10.9. The SMILES string of the molecule is CCNC(CC1CCCO1)c1ccc(F)c(F)c1F. The summed E-state index contributed by atoms with van der Waals surface area (Å²) in [4.78, 5) is 0. The molecule has 1 aliphatic heterocycles. The Morgan fingerprint density at radius 2 is 2.11 bits per heavy atom. The highest BCUT2D eigenvalue weighted by atomic mass is 19.2. The molecule has 2 rings (SSSR count). The molecule has 0 aliphatic carbocycles. The lowest BCUT2D eigenvalue weighted by molar-refractivity contribution is 0.0943. The van der Waals surface area contributed by atoms with Crippen LogP contribution >= 0.6 is 0 Å². The van der Waals surface area contributed by atoms with Crippen LogP contribution in [0.1, 0.15) is 37.8 Å². The zero-order chi connectivity index (χ0) is 13.8. The molecule has 0 bridgehead atoms. The van der Waals surface area contributed by atoms with Gasteiger partial charge in [0.25, 0.3) is 0 Å². The van der Waals surface area contributed by atoms with Crippen molar-refractivity contribution in [3.63, 3.8) is 0 Å². The lowest BCUT2D eigenvalue weighted by atomic mass is 9.98. The molecule has 1 fully saturated rings. The summed E-state index contributed by atoms with van der Waals surface area (Å²) < 4.78 is 45.6. The van der Waals surface area contributed by atoms with E-state index in [-0.39, 0.29) is 17.7 Å². The van der Waals surface area contributed by atoms with Crippen LogP contribution in [-0.2, 0) is 4.74 Å². The average molecular weight is 273 g/mol. The molecule has 2 nitrogen and oxygen atoms in total. The normalized spacial score (nSPS) is 20.7. The minimum Gasteiger partial charge on any atom is -0.378 e. The maximum atomic E-state index is 13.8. The summed E-state index contributed by atoms with van der Waals surface area (Å²) in [6, 6.07) is 1.91. The van der Waals surface area contributed by atoms with Crippen molar-refractivity contribution in [2.45, 2.75) is 38.3 Å². The van der Waals surface area contributed by atoms with Crippen molar-refractivity contribution >= 4 is 0 Å². The Labute approximate surface area is 111 Å². The van der Waals surface area contributed by atoms with Crippen LogP contribution in [0.15, 0.2) is 12.1 Å². The summed E-state index contributed by atoms with van der Waals surface area (Å²) >= 11 is 0. The molecule has 1 aromatic carbocycles. The van der Waals surface area contributed by atoms with Crippen molar-refractivity contribution < 1.29 is 17.9 Å². The summed E-state index contributed by atoms with van der Waals surface area (Å²) in [7, 11) is 0. The molecule has 1 heterocycles. The topological polar surface area (TPSA) is 21.3 Å². The Balaban J connectivity index is 2.20. The van der Waals surface area contributed by atoms with Gasteiger partial charge in [-0.1, -0.05) is 13.0 Å². The van der Waals surface area contributed by atoms with Crippen LogP contribution < -0.4 is 5.32 Å². The molecule has 0 amide bonds. The molecule has 0 radical (unpaired) electrons. The van der Waals surface area contributed by atoms with Crippen molar-refractivity contribution in [3.05, 3.63) is 35.1 Å². The Hall–Kier alpha value is -1.07. The zero-order valence-electron chi connectivity index (χ0n) is 10.9. The summed E-state index contributed by atoms with van der Waals surface area (Å²) in [5, 5.41) is 3.10. The molecule has 0 aromatic heterocycles. The number of rotatable bonds is 5. The molecule has 0 spiro atoms. The third-order valence-electron chi connectivity index (χ3n) is 3.41. The fourth-order valence-electron chi connectivity index (χ4n) is 2.47. The second kappa shape index (κ2) is 6.39. The van der Waals surface area contributed by atoms with Gasteiger partial charge in [0.05, 0.1) is 6.10 Å². The number of benzene rings is 1. The van der Waals surface area contributed by atoms with Crippen molar-refractivity contribution in [2.75, 3.05) is 13.2 Å². The van der Waals surface area contributed by atoms with Gasteiger partial charge in [0, 0.05) is 18.2 Å². The second-order valence-corrected chi connectivity index (χ2v) is 4.75. The highest BCUT2D eigenvalue weighted by Crippen LogP contribution is 2.28. The molecule has 19 heavy (non-hydrogen) atoms. The molecule has 1 N–H and O–H groups in total. The van der Waals surface area contributed by atoms with E-state index in [4.69, 9.17) is 4.74 Å². The number of halogens is 3. The van der Waals surface area contributed by atoms with Gasteiger partial charge in [0.1, 0.15) is 0 Å². The molecule has 1 aromatic rings. The molecule has 1 saturated heterocycles. The number of ether oxygens (including phenoxy) is 1. The number of hydrogen-bond acceptors (Lipinski definition) is 2. The van der Waals surface area contributed by atoms with Crippen LogP contribution in [0.25, 0.3) is 0 Å². The van der Waals surface area contributed by atoms with E-state index in [0.29, 0.717) is 19.6 Å². The maximum absolute atomic E-state index is 13.8. The van der Waals surface area contributed by atoms with Crippen molar-refractivity contribution in [1.29, 1.82) is 0 Å². The van der Waals surface area contributed by atoms with Crippen LogP contribution in [0.2, 0.25) is 0 Å². The van der Waals surface area contributed by atoms with E-state index in [1.165, 1.54) is 6.07 Å². The largest absolute Gasteiger partial charge is 0.378 e. The third kappa shape index (κ3) is 3.28. The molecule has 2 unspecified atom stereocenters. The van der Waals surface area contributed by atoms with E-state index < -0.39 is 17.5 Å². The number of hydrogen-bond donors (Lipinski definition) is 1. The van der Waals surface area contributed by atoms with Crippen LogP contribution in [0.5, 0.6) is 0 Å². The Kier molecular flexibility index (Phi) is 4.82. The minimum absolute atomic E-state index is 0.0524. The molecule has 0 saturated carbocycles. The first-order valence-corrected chi connectivity index (χ1v) is 6.61. The summed E-state index contributed by atoms with van der Waals surface area (Å²) in [6.45, 7) is 3.22. The van der Waals surface area contributed by atoms with Crippen molar-refractivity contribution in [2.24, 2.45) is 0 Å². The minimum atomic E-state index is -1.41. The van der Waals surface area contributed by atoms with Gasteiger partial charge in [0.2, 0.25) is 0 Å². The van der Waals surface area contributed by atoms with Gasteiger partial charge >= 0.3 is 0 Å². The van der Waals surface area contributed by atoms with Gasteiger partial charge in [-0.2, -0.15) is 0 Å². The van der Waals surface area contributed by atoms with Gasteiger partial charge in [-0.3, -0.25) is 0 Å². The Bertz CT molecular complexity index is 433. The number of nitrogens with one attached hydrogen (secondary N) is 1. The smallest absolute Gasteiger partial charge is 0.194 e. The van der Waals surface area contributed by atoms with Crippen LogP contribution in [0.4, 0.5) is 13.2 Å². The van der Waals surface area contributed by atoms with Gasteiger partial charge < -0.3 is 10.1 Å². The molecular weight excluding hydrogens is 255 g/mol. The van der Waals surface area contributed by atoms with E-state index in [9.17, 15) is 13.2 Å². The monoisotopic (exact) mass is 273 g/mol. The Morgan fingerprint density at radius 3 is 2.74 bits per heavy atom. The quantitative estimate of drug-likeness (QED) is 0.831. The first-order chi connectivity index (χ1) is 9.13. The Morgan fingerprint density at radius 1 is 1.32 bits per heavy atom. The van der Waals surface area contributed by atoms with Crippen LogP contribution in [-0.4, -0.2) is 19.3 Å². The summed E-state index contributed by atoms with van der Waals surface area (Å²) in [5.41, 5.74) is 0.163. The molecule has 2 atom stereocenters. The average Bonchev–Trinajstić information content (AvgIpc) is 2.89. The lowest BCUT2D eigenvalue weighted by Crippen LogP contribution is -2.26. The first kappa shape index (κ1) is 14.3. The van der Waals surface area contributed by atoms with E-state index in [1.807, 2.05) is 6.92 Å². The summed E-state index contributed by atoms with van der Waals surface area (Å²) in [5.74, 6) is -3.68. The summed E-state index contributed by atoms with van der Waals surface area (Å²) in [6.07, 6.45) is 2.53. The molecule has 106 valence electrons. The molecular formula is C14H18F3NO. The van der Waals surface area contributed by atoms with E-state index in [1.54, 1.807) is 0 Å². The van der Waals surface area contributed by atoms with Crippen LogP contribution in [0.3, 0.4) is 0 Å². The predicted molar refractivity (Wildman–Crippen MR) is 66.3 cm³/mol. The highest BCUT2D eigenvalue weighted by Gasteiger charge is 2.25. The van der Waals surface area contributed by atoms with Crippen LogP contribution in [0, 0.1) is 17.5 Å². The standard InChI is InChI=1S/C14H18F3NO/c1-2-18-12(8-9-4-3-7-19-9)10-5-6-11(15)14(17)13(10)16/h5-6,9,12,18H,2-4,7-8H2,1H3. The first-order valence-electron chi connectivity index (χ1n) is 6.61. The van der Waals surface area contributed by atoms with Gasteiger partial charge in [-0.05, 0) is 31.9 Å². The lowest BCUT2D eigenvalue weighted by Gasteiger charge is -2.22.